The molecule has 1 aromatic heterocycles. The summed E-state index contributed by atoms with van der Waals surface area (Å²) in [6.07, 6.45) is 1.89. The van der Waals surface area contributed by atoms with Crippen LogP contribution in [0.5, 0.6) is 0 Å². The van der Waals surface area contributed by atoms with E-state index in [0.29, 0.717) is 0 Å². The molecule has 0 spiro atoms. The van der Waals surface area contributed by atoms with Crippen molar-refractivity contribution in [2.24, 2.45) is 0 Å². The molecule has 0 aliphatic carbocycles. The van der Waals surface area contributed by atoms with Gasteiger partial charge in [0.1, 0.15) is 0 Å². The third-order valence-electron chi connectivity index (χ3n) is 4.25. The van der Waals surface area contributed by atoms with Gasteiger partial charge in [-0.3, -0.25) is 4.98 Å². The first-order valence-electron chi connectivity index (χ1n) is 7.09. The van der Waals surface area contributed by atoms with E-state index in [1.165, 1.54) is 33.0 Å². The molecule has 0 saturated heterocycles. The molecule has 0 bridgehead atoms. The second-order valence-corrected chi connectivity index (χ2v) is 5.39. The molecule has 1 aliphatic rings. The summed E-state index contributed by atoms with van der Waals surface area (Å²) in [5, 5.41) is 7.34. The summed E-state index contributed by atoms with van der Waals surface area (Å²) in [4.78, 5) is 4.48. The fourth-order valence-electron chi connectivity index (χ4n) is 3.30. The highest BCUT2D eigenvalue weighted by molar-refractivity contribution is 6.15. The number of pyridine rings is 1. The van der Waals surface area contributed by atoms with Gasteiger partial charge in [-0.2, -0.15) is 0 Å². The zero-order chi connectivity index (χ0) is 13.8. The van der Waals surface area contributed by atoms with Crippen LogP contribution in [0, 0.1) is 0 Å². The molecule has 1 N–H and O–H groups in total. The molecular formula is C19H12N2. The second kappa shape index (κ2) is 3.83. The zero-order valence-corrected chi connectivity index (χ0v) is 11.3. The Hall–Kier alpha value is -2.87. The van der Waals surface area contributed by atoms with Gasteiger partial charge in [0.15, 0.2) is 0 Å². The van der Waals surface area contributed by atoms with Crippen molar-refractivity contribution in [3.63, 3.8) is 0 Å². The number of nitrogens with zero attached hydrogens (tertiary/aromatic N) is 1. The first-order chi connectivity index (χ1) is 10.4. The van der Waals surface area contributed by atoms with Crippen LogP contribution in [0.2, 0.25) is 0 Å². The number of anilines is 2. The van der Waals surface area contributed by atoms with E-state index < -0.39 is 0 Å². The second-order valence-electron chi connectivity index (χ2n) is 5.39. The van der Waals surface area contributed by atoms with Gasteiger partial charge in [-0.25, -0.2) is 0 Å². The Labute approximate surface area is 122 Å². The quantitative estimate of drug-likeness (QED) is 0.422. The van der Waals surface area contributed by atoms with E-state index in [-0.39, 0.29) is 0 Å². The maximum absolute atomic E-state index is 4.48. The Morgan fingerprint density at radius 3 is 2.71 bits per heavy atom. The highest BCUT2D eigenvalue weighted by atomic mass is 14.9. The largest absolute Gasteiger partial charge is 0.354 e. The van der Waals surface area contributed by atoms with Gasteiger partial charge in [-0.1, -0.05) is 42.5 Å². The van der Waals surface area contributed by atoms with Gasteiger partial charge in [0, 0.05) is 28.2 Å². The van der Waals surface area contributed by atoms with Crippen LogP contribution in [0.3, 0.4) is 0 Å². The third-order valence-corrected chi connectivity index (χ3v) is 4.25. The van der Waals surface area contributed by atoms with E-state index in [9.17, 15) is 0 Å². The number of benzene rings is 3. The molecule has 3 aromatic carbocycles. The van der Waals surface area contributed by atoms with Crippen molar-refractivity contribution < 1.29 is 0 Å². The van der Waals surface area contributed by atoms with E-state index >= 15 is 0 Å². The Kier molecular flexibility index (Phi) is 1.98. The topological polar surface area (TPSA) is 24.9 Å². The van der Waals surface area contributed by atoms with E-state index in [2.05, 4.69) is 71.0 Å². The lowest BCUT2D eigenvalue weighted by molar-refractivity contribution is 1.40. The van der Waals surface area contributed by atoms with E-state index in [4.69, 9.17) is 0 Å². The average molecular weight is 268 g/mol. The molecule has 0 amide bonds. The molecule has 5 rings (SSSR count). The maximum atomic E-state index is 4.48. The summed E-state index contributed by atoms with van der Waals surface area (Å²) in [5.41, 5.74) is 5.88. The molecular weight excluding hydrogens is 256 g/mol. The lowest BCUT2D eigenvalue weighted by atomic mass is 9.92. The molecule has 2 nitrogen and oxygen atoms in total. The normalized spacial score (nSPS) is 12.2. The van der Waals surface area contributed by atoms with Gasteiger partial charge >= 0.3 is 0 Å². The summed E-state index contributed by atoms with van der Waals surface area (Å²) in [6, 6.07) is 21.2. The van der Waals surface area contributed by atoms with Gasteiger partial charge in [0.05, 0.1) is 11.2 Å². The molecule has 2 heteroatoms. The molecule has 0 atom stereocenters. The monoisotopic (exact) mass is 268 g/mol. The van der Waals surface area contributed by atoms with Crippen molar-refractivity contribution in [1.29, 1.82) is 0 Å². The lowest BCUT2D eigenvalue weighted by Crippen LogP contribution is -2.02. The molecule has 1 aliphatic heterocycles. The van der Waals surface area contributed by atoms with E-state index in [1.807, 2.05) is 6.20 Å². The summed E-state index contributed by atoms with van der Waals surface area (Å²) >= 11 is 0. The van der Waals surface area contributed by atoms with Crippen molar-refractivity contribution in [2.45, 2.75) is 0 Å². The molecule has 98 valence electrons. The summed E-state index contributed by atoms with van der Waals surface area (Å²) in [6.45, 7) is 0. The molecule has 0 saturated carbocycles. The average Bonchev–Trinajstić information content (AvgIpc) is 2.55. The summed E-state index contributed by atoms with van der Waals surface area (Å²) in [7, 11) is 0. The van der Waals surface area contributed by atoms with Gasteiger partial charge in [0.25, 0.3) is 0 Å². The Balaban J connectivity index is 1.98. The van der Waals surface area contributed by atoms with Crippen LogP contribution in [0.15, 0.2) is 66.9 Å². The fraction of sp³-hybridized carbons (Fsp3) is 0. The number of hydrogen-bond donors (Lipinski definition) is 1. The minimum atomic E-state index is 1.04. The third kappa shape index (κ3) is 1.39. The maximum Gasteiger partial charge on any atom is 0.0729 e. The summed E-state index contributed by atoms with van der Waals surface area (Å²) in [5.74, 6) is 0. The van der Waals surface area contributed by atoms with Crippen LogP contribution in [-0.2, 0) is 0 Å². The molecule has 21 heavy (non-hydrogen) atoms. The molecule has 0 unspecified atom stereocenters. The minimum absolute atomic E-state index is 1.04. The first-order valence-corrected chi connectivity index (χ1v) is 7.09. The molecule has 2 heterocycles. The van der Waals surface area contributed by atoms with Crippen molar-refractivity contribution in [1.82, 2.24) is 4.98 Å². The Bertz CT molecular complexity index is 1010. The molecule has 4 aromatic rings. The van der Waals surface area contributed by atoms with Crippen LogP contribution < -0.4 is 5.32 Å². The summed E-state index contributed by atoms with van der Waals surface area (Å²) < 4.78 is 0. The van der Waals surface area contributed by atoms with Crippen molar-refractivity contribution in [3.05, 3.63) is 66.9 Å². The molecule has 0 radical (unpaired) electrons. The predicted molar refractivity (Wildman–Crippen MR) is 88.0 cm³/mol. The van der Waals surface area contributed by atoms with E-state index in [1.54, 1.807) is 0 Å². The Morgan fingerprint density at radius 2 is 1.71 bits per heavy atom. The lowest BCUT2D eigenvalue weighted by Gasteiger charge is -2.23. The highest BCUT2D eigenvalue weighted by Crippen LogP contribution is 2.45. The van der Waals surface area contributed by atoms with Crippen LogP contribution >= 0.6 is 0 Å². The van der Waals surface area contributed by atoms with Crippen LogP contribution in [-0.4, -0.2) is 4.98 Å². The minimum Gasteiger partial charge on any atom is -0.354 e. The van der Waals surface area contributed by atoms with Crippen molar-refractivity contribution in [2.75, 3.05) is 5.32 Å². The molecule has 0 fully saturated rings. The number of nitrogens with one attached hydrogen (secondary N) is 1. The van der Waals surface area contributed by atoms with Crippen molar-refractivity contribution in [3.8, 4) is 11.1 Å². The van der Waals surface area contributed by atoms with Gasteiger partial charge in [-0.15, -0.1) is 0 Å². The zero-order valence-electron chi connectivity index (χ0n) is 11.3. The predicted octanol–water partition coefficient (Wildman–Crippen LogP) is 5.11. The fourth-order valence-corrected chi connectivity index (χ4v) is 3.30. The Morgan fingerprint density at radius 1 is 0.762 bits per heavy atom. The van der Waals surface area contributed by atoms with E-state index in [0.717, 1.165) is 11.2 Å². The highest BCUT2D eigenvalue weighted by Gasteiger charge is 2.19. The van der Waals surface area contributed by atoms with Gasteiger partial charge in [-0.05, 0) is 29.1 Å². The van der Waals surface area contributed by atoms with Crippen LogP contribution in [0.25, 0.3) is 32.8 Å². The van der Waals surface area contributed by atoms with Crippen LogP contribution in [0.1, 0.15) is 0 Å². The number of aromatic nitrogens is 1. The number of hydrogen-bond acceptors (Lipinski definition) is 2. The van der Waals surface area contributed by atoms with Crippen molar-refractivity contribution >= 4 is 33.1 Å². The van der Waals surface area contributed by atoms with Gasteiger partial charge in [0.2, 0.25) is 0 Å². The SMILES string of the molecule is c1ccc2c3c(ccc2c1)-c1ccnc2cccc(c12)N3. The number of rotatable bonds is 0. The van der Waals surface area contributed by atoms with Gasteiger partial charge < -0.3 is 5.32 Å². The van der Waals surface area contributed by atoms with Crippen LogP contribution in [0.4, 0.5) is 11.4 Å². The number of fused-ring (bicyclic) bond motifs is 4. The first kappa shape index (κ1) is 10.9. The standard InChI is InChI=1S/C19H12N2/c1-2-5-13-12(4-1)8-9-15-14-10-11-20-16-6-3-7-17(18(14)16)21-19(13)15/h1-11,21H. The smallest absolute Gasteiger partial charge is 0.0729 e.